The van der Waals surface area contributed by atoms with Crippen molar-refractivity contribution in [3.8, 4) is 5.75 Å². The Kier molecular flexibility index (Phi) is 5.97. The van der Waals surface area contributed by atoms with Gasteiger partial charge in [-0.3, -0.25) is 9.59 Å². The highest BCUT2D eigenvalue weighted by molar-refractivity contribution is 6.11. The van der Waals surface area contributed by atoms with Crippen LogP contribution in [0.1, 0.15) is 69.4 Å². The van der Waals surface area contributed by atoms with Crippen LogP contribution in [0.4, 0.5) is 10.1 Å². The van der Waals surface area contributed by atoms with Gasteiger partial charge in [0.2, 0.25) is 5.91 Å². The van der Waals surface area contributed by atoms with Gasteiger partial charge in [0.05, 0.1) is 12.0 Å². The van der Waals surface area contributed by atoms with E-state index < -0.39 is 23.9 Å². The third kappa shape index (κ3) is 4.97. The smallest absolute Gasteiger partial charge is 0.232 e. The van der Waals surface area contributed by atoms with Crippen LogP contribution < -0.4 is 5.32 Å². The van der Waals surface area contributed by atoms with Crippen LogP contribution in [0.15, 0.2) is 36.4 Å². The van der Waals surface area contributed by atoms with Crippen molar-refractivity contribution in [2.45, 2.75) is 58.8 Å². The van der Waals surface area contributed by atoms with E-state index in [1.54, 1.807) is 6.07 Å². The second-order valence-electron chi connectivity index (χ2n) is 9.04. The van der Waals surface area contributed by atoms with Crippen LogP contribution in [0.5, 0.6) is 5.75 Å². The molecule has 0 heterocycles. The number of anilines is 1. The minimum atomic E-state index is -0.650. The van der Waals surface area contributed by atoms with Crippen molar-refractivity contribution in [3.63, 3.8) is 0 Å². The van der Waals surface area contributed by atoms with Gasteiger partial charge in [-0.05, 0) is 40.2 Å². The van der Waals surface area contributed by atoms with Crippen molar-refractivity contribution < 1.29 is 19.1 Å². The van der Waals surface area contributed by atoms with E-state index in [2.05, 4.69) is 5.32 Å². The Bertz CT molecular complexity index is 905. The highest BCUT2D eigenvalue weighted by atomic mass is 19.1. The maximum atomic E-state index is 13.8. The lowest BCUT2D eigenvalue weighted by atomic mass is 9.79. The summed E-state index contributed by atoms with van der Waals surface area (Å²) in [7, 11) is 0. The van der Waals surface area contributed by atoms with Crippen molar-refractivity contribution in [3.05, 3.63) is 58.9 Å². The number of carbonyl (C=O) groups excluding carboxylic acids is 2. The third-order valence-corrected chi connectivity index (χ3v) is 4.52. The average molecular weight is 385 g/mol. The molecule has 0 aliphatic heterocycles. The topological polar surface area (TPSA) is 66.4 Å². The molecule has 0 atom stereocenters. The van der Waals surface area contributed by atoms with E-state index in [1.165, 1.54) is 24.3 Å². The molecule has 0 radical (unpaired) electrons. The van der Waals surface area contributed by atoms with E-state index in [0.717, 1.165) is 11.1 Å². The van der Waals surface area contributed by atoms with Crippen molar-refractivity contribution in [2.75, 3.05) is 5.32 Å². The lowest BCUT2D eigenvalue weighted by Gasteiger charge is -2.28. The molecule has 0 fully saturated rings. The number of halogens is 1. The summed E-state index contributed by atoms with van der Waals surface area (Å²) in [6, 6.07) is 8.99. The Hall–Kier alpha value is -2.69. The molecule has 5 heteroatoms. The Labute approximate surface area is 165 Å². The van der Waals surface area contributed by atoms with E-state index >= 15 is 0 Å². The second-order valence-corrected chi connectivity index (χ2v) is 9.04. The number of hydrogen-bond donors (Lipinski definition) is 2. The highest BCUT2D eigenvalue weighted by Crippen LogP contribution is 2.39. The zero-order chi connectivity index (χ0) is 21.3. The zero-order valence-electron chi connectivity index (χ0n) is 17.3. The van der Waals surface area contributed by atoms with E-state index in [9.17, 15) is 19.1 Å². The van der Waals surface area contributed by atoms with Crippen molar-refractivity contribution >= 4 is 17.4 Å². The standard InChI is InChI=1S/C23H28FNO3/c1-22(2,3)15-11-16(23(4,5)6)20(27)12-18(15)25-21(28)13-19(26)14-9-7-8-10-17(14)24/h7-12,27H,13H2,1-6H3,(H,25,28). The lowest BCUT2D eigenvalue weighted by molar-refractivity contribution is -0.115. The molecule has 0 aliphatic carbocycles. The largest absolute Gasteiger partial charge is 0.508 e. The van der Waals surface area contributed by atoms with Gasteiger partial charge < -0.3 is 10.4 Å². The maximum absolute atomic E-state index is 13.8. The predicted molar refractivity (Wildman–Crippen MR) is 109 cm³/mol. The number of amides is 1. The Morgan fingerprint density at radius 1 is 0.964 bits per heavy atom. The monoisotopic (exact) mass is 385 g/mol. The quantitative estimate of drug-likeness (QED) is 0.552. The molecular formula is C23H28FNO3. The van der Waals surface area contributed by atoms with Gasteiger partial charge in [0.15, 0.2) is 5.78 Å². The second kappa shape index (κ2) is 7.74. The highest BCUT2D eigenvalue weighted by Gasteiger charge is 2.26. The number of rotatable bonds is 4. The molecular weight excluding hydrogens is 357 g/mol. The first kappa shape index (κ1) is 21.6. The van der Waals surface area contributed by atoms with Gasteiger partial charge in [0.1, 0.15) is 11.6 Å². The van der Waals surface area contributed by atoms with E-state index in [-0.39, 0.29) is 22.1 Å². The van der Waals surface area contributed by atoms with Crippen molar-refractivity contribution in [2.24, 2.45) is 0 Å². The molecule has 0 spiro atoms. The first-order valence-corrected chi connectivity index (χ1v) is 9.26. The van der Waals surface area contributed by atoms with Gasteiger partial charge in [-0.1, -0.05) is 53.7 Å². The maximum Gasteiger partial charge on any atom is 0.232 e. The van der Waals surface area contributed by atoms with Crippen molar-refractivity contribution in [1.29, 1.82) is 0 Å². The number of phenols is 1. The summed E-state index contributed by atoms with van der Waals surface area (Å²) in [4.78, 5) is 24.7. The molecule has 1 amide bonds. The van der Waals surface area contributed by atoms with Gasteiger partial charge in [-0.25, -0.2) is 4.39 Å². The summed E-state index contributed by atoms with van der Waals surface area (Å²) in [5.74, 6) is -1.72. The third-order valence-electron chi connectivity index (χ3n) is 4.52. The summed E-state index contributed by atoms with van der Waals surface area (Å²) >= 11 is 0. The van der Waals surface area contributed by atoms with E-state index in [4.69, 9.17) is 0 Å². The number of benzene rings is 2. The molecule has 0 aromatic heterocycles. The number of carbonyl (C=O) groups is 2. The number of aromatic hydroxyl groups is 1. The summed E-state index contributed by atoms with van der Waals surface area (Å²) in [5.41, 5.74) is 1.39. The lowest BCUT2D eigenvalue weighted by Crippen LogP contribution is -2.22. The fraction of sp³-hybridized carbons (Fsp3) is 0.391. The van der Waals surface area contributed by atoms with Crippen LogP contribution in [0.2, 0.25) is 0 Å². The van der Waals surface area contributed by atoms with Crippen LogP contribution in [0, 0.1) is 5.82 Å². The van der Waals surface area contributed by atoms with Crippen LogP contribution in [0.3, 0.4) is 0 Å². The summed E-state index contributed by atoms with van der Waals surface area (Å²) < 4.78 is 13.8. The molecule has 28 heavy (non-hydrogen) atoms. The van der Waals surface area contributed by atoms with Gasteiger partial charge >= 0.3 is 0 Å². The molecule has 150 valence electrons. The van der Waals surface area contributed by atoms with Gasteiger partial charge in [0, 0.05) is 11.8 Å². The fourth-order valence-corrected chi connectivity index (χ4v) is 3.04. The van der Waals surface area contributed by atoms with Gasteiger partial charge in [-0.2, -0.15) is 0 Å². The van der Waals surface area contributed by atoms with Crippen LogP contribution in [-0.2, 0) is 15.6 Å². The number of hydrogen-bond acceptors (Lipinski definition) is 3. The van der Waals surface area contributed by atoms with E-state index in [1.807, 2.05) is 47.6 Å². The molecule has 4 nitrogen and oxygen atoms in total. The van der Waals surface area contributed by atoms with Crippen molar-refractivity contribution in [1.82, 2.24) is 0 Å². The normalized spacial score (nSPS) is 12.0. The van der Waals surface area contributed by atoms with Crippen LogP contribution >= 0.6 is 0 Å². The molecule has 0 saturated carbocycles. The molecule has 2 aromatic carbocycles. The average Bonchev–Trinajstić information content (AvgIpc) is 2.52. The summed E-state index contributed by atoms with van der Waals surface area (Å²) in [6.45, 7) is 12.0. The zero-order valence-corrected chi connectivity index (χ0v) is 17.3. The predicted octanol–water partition coefficient (Wildman–Crippen LogP) is 5.34. The molecule has 0 bridgehead atoms. The molecule has 0 aliphatic rings. The molecule has 0 saturated heterocycles. The van der Waals surface area contributed by atoms with Gasteiger partial charge in [-0.15, -0.1) is 0 Å². The summed E-state index contributed by atoms with van der Waals surface area (Å²) in [6.07, 6.45) is -0.480. The number of phenolic OH excluding ortho intramolecular Hbond substituents is 1. The number of ketones is 1. The molecule has 2 rings (SSSR count). The fourth-order valence-electron chi connectivity index (χ4n) is 3.04. The molecule has 2 N–H and O–H groups in total. The first-order valence-electron chi connectivity index (χ1n) is 9.26. The number of nitrogens with one attached hydrogen (secondary N) is 1. The van der Waals surface area contributed by atoms with Crippen LogP contribution in [0.25, 0.3) is 0 Å². The summed E-state index contributed by atoms with van der Waals surface area (Å²) in [5, 5.41) is 13.2. The minimum Gasteiger partial charge on any atom is -0.508 e. The molecule has 2 aromatic rings. The number of Topliss-reactive ketones (excluding diaryl/α,β-unsaturated/α-hetero) is 1. The van der Waals surface area contributed by atoms with Crippen LogP contribution in [-0.4, -0.2) is 16.8 Å². The molecule has 0 unspecified atom stereocenters. The Morgan fingerprint density at radius 3 is 2.07 bits per heavy atom. The van der Waals surface area contributed by atoms with E-state index in [0.29, 0.717) is 5.69 Å². The Balaban J connectivity index is 2.32. The van der Waals surface area contributed by atoms with Gasteiger partial charge in [0.25, 0.3) is 0 Å². The minimum absolute atomic E-state index is 0.0798. The SMILES string of the molecule is CC(C)(C)c1cc(C(C)(C)C)c(NC(=O)CC(=O)c2ccccc2F)cc1O. The first-order chi connectivity index (χ1) is 12.8. The Morgan fingerprint density at radius 2 is 1.54 bits per heavy atom.